The van der Waals surface area contributed by atoms with Crippen LogP contribution in [0.4, 0.5) is 0 Å². The van der Waals surface area contributed by atoms with Crippen molar-refractivity contribution in [3.8, 4) is 10.7 Å². The third-order valence-corrected chi connectivity index (χ3v) is 3.38. The molecular formula is C12H9N3O2S. The first kappa shape index (κ1) is 10.9. The van der Waals surface area contributed by atoms with E-state index in [0.717, 1.165) is 16.3 Å². The Kier molecular flexibility index (Phi) is 2.56. The molecule has 3 rings (SSSR count). The van der Waals surface area contributed by atoms with Crippen LogP contribution in [0.3, 0.4) is 0 Å². The van der Waals surface area contributed by atoms with Crippen molar-refractivity contribution >= 4 is 23.0 Å². The van der Waals surface area contributed by atoms with Crippen LogP contribution in [-0.2, 0) is 11.2 Å². The van der Waals surface area contributed by atoms with E-state index in [9.17, 15) is 4.79 Å². The van der Waals surface area contributed by atoms with Crippen LogP contribution in [0.1, 0.15) is 5.69 Å². The first-order valence-electron chi connectivity index (χ1n) is 5.33. The summed E-state index contributed by atoms with van der Waals surface area (Å²) in [6.07, 6.45) is 3.75. The Morgan fingerprint density at radius 3 is 3.06 bits per heavy atom. The molecule has 0 saturated carbocycles. The summed E-state index contributed by atoms with van der Waals surface area (Å²) in [5.41, 5.74) is 2.19. The van der Waals surface area contributed by atoms with Crippen LogP contribution in [0, 0.1) is 0 Å². The zero-order chi connectivity index (χ0) is 12.5. The molecule has 3 heterocycles. The van der Waals surface area contributed by atoms with Crippen LogP contribution >= 0.6 is 11.3 Å². The standard InChI is InChI=1S/C12H9N3O2S/c16-11(17)5-8-7-18-12(13-8)9-6-15-4-2-1-3-10(15)14-9/h1-4,6-7H,5H2,(H,16,17). The smallest absolute Gasteiger partial charge is 0.309 e. The van der Waals surface area contributed by atoms with E-state index in [2.05, 4.69) is 9.97 Å². The second kappa shape index (κ2) is 4.23. The number of hydrogen-bond donors (Lipinski definition) is 1. The lowest BCUT2D eigenvalue weighted by molar-refractivity contribution is -0.136. The number of nitrogens with zero attached hydrogens (tertiary/aromatic N) is 3. The average Bonchev–Trinajstić information content (AvgIpc) is 2.93. The molecule has 90 valence electrons. The first-order chi connectivity index (χ1) is 8.72. The number of hydrogen-bond acceptors (Lipinski definition) is 4. The lowest BCUT2D eigenvalue weighted by atomic mass is 10.3. The highest BCUT2D eigenvalue weighted by Crippen LogP contribution is 2.23. The molecule has 0 spiro atoms. The zero-order valence-corrected chi connectivity index (χ0v) is 10.1. The summed E-state index contributed by atoms with van der Waals surface area (Å²) in [6, 6.07) is 5.76. The minimum atomic E-state index is -0.873. The van der Waals surface area contributed by atoms with Gasteiger partial charge in [-0.3, -0.25) is 4.79 Å². The van der Waals surface area contributed by atoms with Gasteiger partial charge in [0, 0.05) is 17.8 Å². The highest BCUT2D eigenvalue weighted by molar-refractivity contribution is 7.13. The van der Waals surface area contributed by atoms with Gasteiger partial charge in [0.2, 0.25) is 0 Å². The van der Waals surface area contributed by atoms with Crippen molar-refractivity contribution in [3.05, 3.63) is 41.7 Å². The lowest BCUT2D eigenvalue weighted by Crippen LogP contribution is -1.99. The Hall–Kier alpha value is -2.21. The van der Waals surface area contributed by atoms with Gasteiger partial charge in [-0.15, -0.1) is 11.3 Å². The van der Waals surface area contributed by atoms with E-state index in [4.69, 9.17) is 5.11 Å². The monoisotopic (exact) mass is 259 g/mol. The maximum Gasteiger partial charge on any atom is 0.309 e. The second-order valence-corrected chi connectivity index (χ2v) is 4.66. The number of carboxylic acid groups (broad SMARTS) is 1. The normalized spacial score (nSPS) is 10.9. The molecule has 18 heavy (non-hydrogen) atoms. The summed E-state index contributed by atoms with van der Waals surface area (Å²) in [6.45, 7) is 0. The Balaban J connectivity index is 1.98. The summed E-state index contributed by atoms with van der Waals surface area (Å²) < 4.78 is 1.91. The molecule has 1 N–H and O–H groups in total. The van der Waals surface area contributed by atoms with Crippen molar-refractivity contribution in [2.75, 3.05) is 0 Å². The molecule has 0 fully saturated rings. The predicted molar refractivity (Wildman–Crippen MR) is 67.6 cm³/mol. The van der Waals surface area contributed by atoms with Crippen LogP contribution in [0.25, 0.3) is 16.3 Å². The summed E-state index contributed by atoms with van der Waals surface area (Å²) in [5, 5.41) is 11.2. The minimum Gasteiger partial charge on any atom is -0.481 e. The SMILES string of the molecule is O=C(O)Cc1csc(-c2cn3ccccc3n2)n1. The van der Waals surface area contributed by atoms with Gasteiger partial charge < -0.3 is 9.51 Å². The van der Waals surface area contributed by atoms with Gasteiger partial charge >= 0.3 is 5.97 Å². The van der Waals surface area contributed by atoms with E-state index >= 15 is 0 Å². The molecule has 0 amide bonds. The summed E-state index contributed by atoms with van der Waals surface area (Å²) >= 11 is 1.41. The number of aromatic nitrogens is 3. The zero-order valence-electron chi connectivity index (χ0n) is 9.28. The molecule has 0 aliphatic heterocycles. The molecule has 0 bridgehead atoms. The van der Waals surface area contributed by atoms with E-state index in [0.29, 0.717) is 5.69 Å². The van der Waals surface area contributed by atoms with E-state index in [-0.39, 0.29) is 6.42 Å². The van der Waals surface area contributed by atoms with Gasteiger partial charge in [-0.25, -0.2) is 9.97 Å². The topological polar surface area (TPSA) is 67.5 Å². The van der Waals surface area contributed by atoms with Crippen molar-refractivity contribution in [1.82, 2.24) is 14.4 Å². The summed E-state index contributed by atoms with van der Waals surface area (Å²) in [4.78, 5) is 19.3. The Labute approximate surface area is 106 Å². The van der Waals surface area contributed by atoms with E-state index in [1.807, 2.05) is 35.0 Å². The van der Waals surface area contributed by atoms with E-state index in [1.165, 1.54) is 11.3 Å². The largest absolute Gasteiger partial charge is 0.481 e. The third kappa shape index (κ3) is 1.98. The summed E-state index contributed by atoms with van der Waals surface area (Å²) in [7, 11) is 0. The number of fused-ring (bicyclic) bond motifs is 1. The minimum absolute atomic E-state index is 0.0517. The second-order valence-electron chi connectivity index (χ2n) is 3.81. The van der Waals surface area contributed by atoms with Gasteiger partial charge in [0.15, 0.2) is 0 Å². The van der Waals surface area contributed by atoms with Crippen LogP contribution in [0.2, 0.25) is 0 Å². The highest BCUT2D eigenvalue weighted by Gasteiger charge is 2.10. The van der Waals surface area contributed by atoms with Crippen molar-refractivity contribution in [2.24, 2.45) is 0 Å². The molecular weight excluding hydrogens is 250 g/mol. The molecule has 3 aromatic rings. The van der Waals surface area contributed by atoms with Crippen molar-refractivity contribution in [2.45, 2.75) is 6.42 Å². The average molecular weight is 259 g/mol. The fourth-order valence-corrected chi connectivity index (χ4v) is 2.47. The Bertz CT molecular complexity index is 684. The number of pyridine rings is 1. The summed E-state index contributed by atoms with van der Waals surface area (Å²) in [5.74, 6) is -0.873. The Morgan fingerprint density at radius 2 is 2.28 bits per heavy atom. The number of carbonyl (C=O) groups is 1. The molecule has 0 aliphatic carbocycles. The van der Waals surface area contributed by atoms with Gasteiger partial charge in [0.1, 0.15) is 16.3 Å². The number of rotatable bonds is 3. The van der Waals surface area contributed by atoms with Gasteiger partial charge in [-0.1, -0.05) is 6.07 Å². The third-order valence-electron chi connectivity index (χ3n) is 2.47. The van der Waals surface area contributed by atoms with E-state index in [1.54, 1.807) is 5.38 Å². The van der Waals surface area contributed by atoms with Crippen molar-refractivity contribution in [3.63, 3.8) is 0 Å². The quantitative estimate of drug-likeness (QED) is 0.782. The molecule has 0 radical (unpaired) electrons. The maximum absolute atomic E-state index is 10.6. The van der Waals surface area contributed by atoms with Crippen molar-refractivity contribution < 1.29 is 9.90 Å². The molecule has 3 aromatic heterocycles. The maximum atomic E-state index is 10.6. The Morgan fingerprint density at radius 1 is 1.39 bits per heavy atom. The highest BCUT2D eigenvalue weighted by atomic mass is 32.1. The van der Waals surface area contributed by atoms with Crippen LogP contribution in [-0.4, -0.2) is 25.4 Å². The fraction of sp³-hybridized carbons (Fsp3) is 0.0833. The van der Waals surface area contributed by atoms with Crippen molar-refractivity contribution in [1.29, 1.82) is 0 Å². The van der Waals surface area contributed by atoms with Crippen LogP contribution < -0.4 is 0 Å². The lowest BCUT2D eigenvalue weighted by Gasteiger charge is -1.88. The van der Waals surface area contributed by atoms with E-state index < -0.39 is 5.97 Å². The number of aliphatic carboxylic acids is 1. The van der Waals surface area contributed by atoms with Crippen LogP contribution in [0.15, 0.2) is 36.0 Å². The van der Waals surface area contributed by atoms with Crippen LogP contribution in [0.5, 0.6) is 0 Å². The fourth-order valence-electron chi connectivity index (χ4n) is 1.70. The molecule has 0 saturated heterocycles. The van der Waals surface area contributed by atoms with Gasteiger partial charge in [-0.2, -0.15) is 0 Å². The van der Waals surface area contributed by atoms with Gasteiger partial charge in [0.25, 0.3) is 0 Å². The van der Waals surface area contributed by atoms with Gasteiger partial charge in [0.05, 0.1) is 12.1 Å². The predicted octanol–water partition coefficient (Wildman–Crippen LogP) is 2.08. The molecule has 0 aliphatic rings. The molecule has 0 aromatic carbocycles. The first-order valence-corrected chi connectivity index (χ1v) is 6.20. The molecule has 0 atom stereocenters. The molecule has 5 nitrogen and oxygen atoms in total. The number of imidazole rings is 1. The number of thiazole rings is 1. The molecule has 0 unspecified atom stereocenters. The molecule has 6 heteroatoms. The van der Waals surface area contributed by atoms with Gasteiger partial charge in [-0.05, 0) is 12.1 Å². The number of carboxylic acids is 1.